The summed E-state index contributed by atoms with van der Waals surface area (Å²) in [6.45, 7) is 0. The lowest BCUT2D eigenvalue weighted by atomic mass is 9.90. The van der Waals surface area contributed by atoms with E-state index in [-0.39, 0.29) is 11.1 Å². The monoisotopic (exact) mass is 334 g/mol. The molecule has 0 aliphatic carbocycles. The highest BCUT2D eigenvalue weighted by atomic mass is 32.2. The SMILES string of the molecule is O=C(C(O)c1ccccc1)C(C(=O)S(=O)(=O)O)c1ccccc1. The third kappa shape index (κ3) is 3.89. The molecule has 7 heteroatoms. The van der Waals surface area contributed by atoms with E-state index in [0.717, 1.165) is 0 Å². The summed E-state index contributed by atoms with van der Waals surface area (Å²) in [5.41, 5.74) is 0.302. The Morgan fingerprint density at radius 3 is 1.70 bits per heavy atom. The first-order chi connectivity index (χ1) is 10.8. The molecule has 120 valence electrons. The largest absolute Gasteiger partial charge is 0.381 e. The predicted molar refractivity (Wildman–Crippen MR) is 82.1 cm³/mol. The van der Waals surface area contributed by atoms with Crippen LogP contribution >= 0.6 is 0 Å². The fraction of sp³-hybridized carbons (Fsp3) is 0.125. The van der Waals surface area contributed by atoms with Crippen molar-refractivity contribution >= 4 is 21.0 Å². The molecule has 2 atom stereocenters. The molecule has 0 aliphatic heterocycles. The Hall–Kier alpha value is -2.35. The average molecular weight is 334 g/mol. The van der Waals surface area contributed by atoms with Crippen LogP contribution in [0.2, 0.25) is 0 Å². The number of hydrogen-bond acceptors (Lipinski definition) is 5. The van der Waals surface area contributed by atoms with Crippen molar-refractivity contribution in [3.05, 3.63) is 71.8 Å². The van der Waals surface area contributed by atoms with Crippen LogP contribution in [0.3, 0.4) is 0 Å². The second-order valence-corrected chi connectivity index (χ2v) is 6.21. The van der Waals surface area contributed by atoms with Gasteiger partial charge in [-0.3, -0.25) is 14.1 Å². The van der Waals surface area contributed by atoms with Crippen molar-refractivity contribution in [2.45, 2.75) is 12.0 Å². The fourth-order valence-electron chi connectivity index (χ4n) is 2.17. The van der Waals surface area contributed by atoms with E-state index >= 15 is 0 Å². The summed E-state index contributed by atoms with van der Waals surface area (Å²) >= 11 is 0. The van der Waals surface area contributed by atoms with Crippen LogP contribution in [0.1, 0.15) is 23.1 Å². The number of Topliss-reactive ketones (excluding diaryl/α,β-unsaturated/α-hetero) is 1. The van der Waals surface area contributed by atoms with Gasteiger partial charge in [-0.05, 0) is 11.1 Å². The summed E-state index contributed by atoms with van der Waals surface area (Å²) in [5.74, 6) is -2.83. The van der Waals surface area contributed by atoms with E-state index in [1.807, 2.05) is 0 Å². The first kappa shape index (κ1) is 17.0. The molecule has 0 spiro atoms. The number of carbonyl (C=O) groups is 2. The van der Waals surface area contributed by atoms with Crippen molar-refractivity contribution in [1.82, 2.24) is 0 Å². The van der Waals surface area contributed by atoms with E-state index in [4.69, 9.17) is 4.55 Å². The van der Waals surface area contributed by atoms with E-state index in [1.165, 1.54) is 36.4 Å². The zero-order chi connectivity index (χ0) is 17.0. The van der Waals surface area contributed by atoms with Gasteiger partial charge in [-0.2, -0.15) is 8.42 Å². The molecule has 2 rings (SSSR count). The van der Waals surface area contributed by atoms with Crippen LogP contribution in [-0.2, 0) is 19.7 Å². The van der Waals surface area contributed by atoms with E-state index < -0.39 is 33.0 Å². The molecule has 0 aliphatic rings. The number of hydrogen-bond donors (Lipinski definition) is 2. The lowest BCUT2D eigenvalue weighted by Crippen LogP contribution is -2.31. The molecule has 0 amide bonds. The first-order valence-corrected chi connectivity index (χ1v) is 8.09. The maximum absolute atomic E-state index is 12.5. The summed E-state index contributed by atoms with van der Waals surface area (Å²) in [5, 5.41) is 8.49. The summed E-state index contributed by atoms with van der Waals surface area (Å²) < 4.78 is 31.4. The van der Waals surface area contributed by atoms with Gasteiger partial charge in [0.2, 0.25) is 0 Å². The van der Waals surface area contributed by atoms with E-state index in [9.17, 15) is 23.1 Å². The smallest absolute Gasteiger partial charge is 0.329 e. The van der Waals surface area contributed by atoms with Crippen LogP contribution in [0.15, 0.2) is 60.7 Å². The summed E-state index contributed by atoms with van der Waals surface area (Å²) in [4.78, 5) is 24.5. The maximum Gasteiger partial charge on any atom is 0.329 e. The average Bonchev–Trinajstić information content (AvgIpc) is 2.55. The quantitative estimate of drug-likeness (QED) is 0.633. The van der Waals surface area contributed by atoms with Crippen LogP contribution in [0, 0.1) is 0 Å². The van der Waals surface area contributed by atoms with Gasteiger partial charge in [-0.15, -0.1) is 0 Å². The van der Waals surface area contributed by atoms with Gasteiger partial charge < -0.3 is 5.11 Å². The molecule has 2 aromatic rings. The number of aliphatic hydroxyl groups excluding tert-OH is 1. The molecule has 0 heterocycles. The van der Waals surface area contributed by atoms with Gasteiger partial charge in [0.25, 0.3) is 5.12 Å². The second kappa shape index (κ2) is 6.82. The molecule has 0 bridgehead atoms. The Morgan fingerprint density at radius 2 is 1.26 bits per heavy atom. The highest BCUT2D eigenvalue weighted by molar-refractivity contribution is 8.01. The van der Waals surface area contributed by atoms with Gasteiger partial charge in [0.05, 0.1) is 0 Å². The molecule has 0 radical (unpaired) electrons. The minimum Gasteiger partial charge on any atom is -0.381 e. The standard InChI is InChI=1S/C16H14O6S/c17-14(12-9-5-2-6-10-12)15(18)13(16(19)23(20,21)22)11-7-3-1-4-8-11/h1-10,13-14,17H,(H,20,21,22). The number of rotatable bonds is 5. The minimum atomic E-state index is -5.08. The van der Waals surface area contributed by atoms with E-state index in [0.29, 0.717) is 0 Å². The van der Waals surface area contributed by atoms with Crippen molar-refractivity contribution in [1.29, 1.82) is 0 Å². The van der Waals surface area contributed by atoms with Crippen LogP contribution in [0.4, 0.5) is 0 Å². The summed E-state index contributed by atoms with van der Waals surface area (Å²) in [6.07, 6.45) is -1.69. The number of carbonyl (C=O) groups excluding carboxylic acids is 2. The van der Waals surface area contributed by atoms with Crippen molar-refractivity contribution in [3.63, 3.8) is 0 Å². The molecule has 0 saturated carbocycles. The number of aliphatic hydroxyl groups is 1. The van der Waals surface area contributed by atoms with Crippen molar-refractivity contribution in [2.24, 2.45) is 0 Å². The minimum absolute atomic E-state index is 0.0788. The predicted octanol–water partition coefficient (Wildman–Crippen LogP) is 1.49. The molecule has 0 saturated heterocycles. The highest BCUT2D eigenvalue weighted by Gasteiger charge is 2.39. The third-order valence-corrected chi connectivity index (χ3v) is 4.04. The lowest BCUT2D eigenvalue weighted by Gasteiger charge is -2.17. The van der Waals surface area contributed by atoms with Crippen LogP contribution < -0.4 is 0 Å². The topological polar surface area (TPSA) is 109 Å². The van der Waals surface area contributed by atoms with Gasteiger partial charge in [0.15, 0.2) is 5.78 Å². The van der Waals surface area contributed by atoms with Crippen LogP contribution in [-0.4, -0.2) is 29.0 Å². The lowest BCUT2D eigenvalue weighted by molar-refractivity contribution is -0.132. The van der Waals surface area contributed by atoms with Gasteiger partial charge >= 0.3 is 10.1 Å². The zero-order valence-electron chi connectivity index (χ0n) is 11.9. The van der Waals surface area contributed by atoms with Crippen molar-refractivity contribution < 1.29 is 27.7 Å². The summed E-state index contributed by atoms with van der Waals surface area (Å²) in [7, 11) is -5.08. The normalized spacial score (nSPS) is 14.0. The molecule has 0 fully saturated rings. The Morgan fingerprint density at radius 1 is 0.826 bits per heavy atom. The first-order valence-electron chi connectivity index (χ1n) is 6.65. The molecular formula is C16H14O6S. The van der Waals surface area contributed by atoms with Crippen LogP contribution in [0.5, 0.6) is 0 Å². The van der Waals surface area contributed by atoms with E-state index in [2.05, 4.69) is 0 Å². The third-order valence-electron chi connectivity index (χ3n) is 3.29. The molecule has 2 N–H and O–H groups in total. The van der Waals surface area contributed by atoms with Gasteiger partial charge in [-0.1, -0.05) is 60.7 Å². The number of benzene rings is 2. The molecule has 0 aromatic heterocycles. The molecular weight excluding hydrogens is 320 g/mol. The molecule has 23 heavy (non-hydrogen) atoms. The Labute approximate surface area is 133 Å². The van der Waals surface area contributed by atoms with Gasteiger partial charge in [0.1, 0.15) is 12.0 Å². The van der Waals surface area contributed by atoms with Gasteiger partial charge in [0, 0.05) is 0 Å². The van der Waals surface area contributed by atoms with Crippen LogP contribution in [0.25, 0.3) is 0 Å². The Kier molecular flexibility index (Phi) is 5.05. The fourth-order valence-corrected chi connectivity index (χ4v) is 2.72. The maximum atomic E-state index is 12.5. The summed E-state index contributed by atoms with van der Waals surface area (Å²) in [6, 6.07) is 15.2. The zero-order valence-corrected chi connectivity index (χ0v) is 12.7. The second-order valence-electron chi connectivity index (χ2n) is 4.85. The molecule has 2 unspecified atom stereocenters. The molecule has 6 nitrogen and oxygen atoms in total. The molecule has 2 aromatic carbocycles. The highest BCUT2D eigenvalue weighted by Crippen LogP contribution is 2.27. The Balaban J connectivity index is 2.46. The van der Waals surface area contributed by atoms with Gasteiger partial charge in [-0.25, -0.2) is 0 Å². The van der Waals surface area contributed by atoms with Crippen molar-refractivity contribution in [2.75, 3.05) is 0 Å². The number of ketones is 1. The Bertz CT molecular complexity index is 799. The van der Waals surface area contributed by atoms with Crippen molar-refractivity contribution in [3.8, 4) is 0 Å². The van der Waals surface area contributed by atoms with E-state index in [1.54, 1.807) is 24.3 Å².